The van der Waals surface area contributed by atoms with Gasteiger partial charge in [-0.1, -0.05) is 36.4 Å². The molecule has 2 heterocycles. The molecular formula is C21H18N2O3. The van der Waals surface area contributed by atoms with Crippen LogP contribution in [0.5, 0.6) is 17.4 Å². The molecular weight excluding hydrogens is 328 g/mol. The van der Waals surface area contributed by atoms with Crippen LogP contribution in [-0.2, 0) is 0 Å². The summed E-state index contributed by atoms with van der Waals surface area (Å²) in [6, 6.07) is 22.3. The molecule has 1 aliphatic rings. The van der Waals surface area contributed by atoms with Gasteiger partial charge in [-0.25, -0.2) is 4.98 Å². The molecule has 5 heteroatoms. The Bertz CT molecular complexity index is 878. The highest BCUT2D eigenvalue weighted by Gasteiger charge is 2.34. The van der Waals surface area contributed by atoms with Crippen molar-refractivity contribution in [1.29, 1.82) is 0 Å². The van der Waals surface area contributed by atoms with Gasteiger partial charge in [0.25, 0.3) is 5.91 Å². The lowest BCUT2D eigenvalue weighted by Crippen LogP contribution is -2.56. The number of hydrogen-bond acceptors (Lipinski definition) is 4. The standard InChI is InChI=1S/C21H18N2O3/c24-21(23-14-17(15-23)26-20-12-6-7-13-22-20)18-10-4-5-11-19(18)25-16-8-2-1-3-9-16/h1-13,17H,14-15H2. The minimum absolute atomic E-state index is 0.0314. The number of benzene rings is 2. The Morgan fingerprint density at radius 2 is 1.65 bits per heavy atom. The summed E-state index contributed by atoms with van der Waals surface area (Å²) >= 11 is 0. The van der Waals surface area contributed by atoms with Gasteiger partial charge >= 0.3 is 0 Å². The molecule has 4 rings (SSSR count). The Hall–Kier alpha value is -3.34. The van der Waals surface area contributed by atoms with Crippen LogP contribution in [0.15, 0.2) is 79.0 Å². The maximum absolute atomic E-state index is 12.8. The fourth-order valence-electron chi connectivity index (χ4n) is 2.78. The monoisotopic (exact) mass is 346 g/mol. The third-order valence-electron chi connectivity index (χ3n) is 4.15. The van der Waals surface area contributed by atoms with E-state index in [-0.39, 0.29) is 12.0 Å². The van der Waals surface area contributed by atoms with Crippen LogP contribution in [0, 0.1) is 0 Å². The smallest absolute Gasteiger partial charge is 0.257 e. The summed E-state index contributed by atoms with van der Waals surface area (Å²) in [5, 5.41) is 0. The minimum atomic E-state index is -0.0580. The molecule has 0 aliphatic carbocycles. The van der Waals surface area contributed by atoms with Gasteiger partial charge in [0.15, 0.2) is 0 Å². The summed E-state index contributed by atoms with van der Waals surface area (Å²) in [6.45, 7) is 1.07. The molecule has 1 amide bonds. The zero-order chi connectivity index (χ0) is 17.8. The van der Waals surface area contributed by atoms with Crippen molar-refractivity contribution in [2.75, 3.05) is 13.1 Å². The van der Waals surface area contributed by atoms with Crippen molar-refractivity contribution in [3.05, 3.63) is 84.6 Å². The van der Waals surface area contributed by atoms with E-state index in [1.54, 1.807) is 17.2 Å². The van der Waals surface area contributed by atoms with Crippen molar-refractivity contribution >= 4 is 5.91 Å². The van der Waals surface area contributed by atoms with Crippen LogP contribution in [0.2, 0.25) is 0 Å². The Morgan fingerprint density at radius 3 is 2.42 bits per heavy atom. The molecule has 1 aromatic heterocycles. The van der Waals surface area contributed by atoms with Crippen LogP contribution in [0.4, 0.5) is 0 Å². The van der Waals surface area contributed by atoms with Crippen LogP contribution in [0.3, 0.4) is 0 Å². The predicted molar refractivity (Wildman–Crippen MR) is 97.5 cm³/mol. The van der Waals surface area contributed by atoms with E-state index in [9.17, 15) is 4.79 Å². The molecule has 0 bridgehead atoms. The third-order valence-corrected chi connectivity index (χ3v) is 4.15. The normalized spacial score (nSPS) is 13.8. The van der Waals surface area contributed by atoms with Gasteiger partial charge in [-0.05, 0) is 30.3 Å². The summed E-state index contributed by atoms with van der Waals surface area (Å²) < 4.78 is 11.6. The van der Waals surface area contributed by atoms with Gasteiger partial charge in [-0.15, -0.1) is 0 Å². The maximum Gasteiger partial charge on any atom is 0.257 e. The molecule has 0 spiro atoms. The van der Waals surface area contributed by atoms with Gasteiger partial charge in [-0.3, -0.25) is 4.79 Å². The van der Waals surface area contributed by atoms with Gasteiger partial charge in [0.2, 0.25) is 5.88 Å². The summed E-state index contributed by atoms with van der Waals surface area (Å²) in [5.41, 5.74) is 0.549. The summed E-state index contributed by atoms with van der Waals surface area (Å²) in [4.78, 5) is 18.7. The SMILES string of the molecule is O=C(c1ccccc1Oc1ccccc1)N1CC(Oc2ccccn2)C1. The van der Waals surface area contributed by atoms with Crippen LogP contribution < -0.4 is 9.47 Å². The first kappa shape index (κ1) is 16.1. The first-order chi connectivity index (χ1) is 12.8. The minimum Gasteiger partial charge on any atom is -0.471 e. The second-order valence-electron chi connectivity index (χ2n) is 6.03. The van der Waals surface area contributed by atoms with Crippen molar-refractivity contribution in [1.82, 2.24) is 9.88 Å². The molecule has 1 aliphatic heterocycles. The van der Waals surface area contributed by atoms with Gasteiger partial charge < -0.3 is 14.4 Å². The lowest BCUT2D eigenvalue weighted by molar-refractivity contribution is 0.0158. The molecule has 0 radical (unpaired) electrons. The molecule has 5 nitrogen and oxygen atoms in total. The number of pyridine rings is 1. The average Bonchev–Trinajstić information content (AvgIpc) is 2.66. The van der Waals surface area contributed by atoms with Gasteiger partial charge in [-0.2, -0.15) is 0 Å². The van der Waals surface area contributed by atoms with E-state index in [4.69, 9.17) is 9.47 Å². The van der Waals surface area contributed by atoms with E-state index in [1.807, 2.05) is 66.7 Å². The highest BCUT2D eigenvalue weighted by atomic mass is 16.5. The molecule has 1 saturated heterocycles. The first-order valence-electron chi connectivity index (χ1n) is 8.48. The molecule has 0 atom stereocenters. The Morgan fingerprint density at radius 1 is 0.923 bits per heavy atom. The van der Waals surface area contributed by atoms with Crippen LogP contribution >= 0.6 is 0 Å². The lowest BCUT2D eigenvalue weighted by Gasteiger charge is -2.38. The van der Waals surface area contributed by atoms with Crippen LogP contribution in [-0.4, -0.2) is 35.0 Å². The molecule has 0 N–H and O–H groups in total. The number of rotatable bonds is 5. The quantitative estimate of drug-likeness (QED) is 0.705. The molecule has 26 heavy (non-hydrogen) atoms. The van der Waals surface area contributed by atoms with E-state index in [0.29, 0.717) is 36.0 Å². The second-order valence-corrected chi connectivity index (χ2v) is 6.03. The Kier molecular flexibility index (Phi) is 4.51. The van der Waals surface area contributed by atoms with E-state index in [0.717, 1.165) is 0 Å². The number of amides is 1. The average molecular weight is 346 g/mol. The van der Waals surface area contributed by atoms with Crippen molar-refractivity contribution in [3.8, 4) is 17.4 Å². The number of hydrogen-bond donors (Lipinski definition) is 0. The first-order valence-corrected chi connectivity index (χ1v) is 8.48. The van der Waals surface area contributed by atoms with Crippen LogP contribution in [0.1, 0.15) is 10.4 Å². The van der Waals surface area contributed by atoms with Crippen molar-refractivity contribution < 1.29 is 14.3 Å². The van der Waals surface area contributed by atoms with Gasteiger partial charge in [0.1, 0.15) is 17.6 Å². The molecule has 0 saturated carbocycles. The topological polar surface area (TPSA) is 51.7 Å². The maximum atomic E-state index is 12.8. The highest BCUT2D eigenvalue weighted by Crippen LogP contribution is 2.28. The number of likely N-dealkylation sites (tertiary alicyclic amines) is 1. The zero-order valence-electron chi connectivity index (χ0n) is 14.1. The number of nitrogens with zero attached hydrogens (tertiary/aromatic N) is 2. The van der Waals surface area contributed by atoms with E-state index in [1.165, 1.54) is 0 Å². The molecule has 2 aromatic carbocycles. The molecule has 130 valence electrons. The summed E-state index contributed by atoms with van der Waals surface area (Å²) in [7, 11) is 0. The third kappa shape index (κ3) is 3.52. The number of ether oxygens (including phenoxy) is 2. The largest absolute Gasteiger partial charge is 0.471 e. The van der Waals surface area contributed by atoms with Gasteiger partial charge in [0, 0.05) is 12.3 Å². The Labute approximate surface area is 151 Å². The zero-order valence-corrected chi connectivity index (χ0v) is 14.1. The van der Waals surface area contributed by atoms with E-state index in [2.05, 4.69) is 4.98 Å². The lowest BCUT2D eigenvalue weighted by atomic mass is 10.1. The van der Waals surface area contributed by atoms with E-state index >= 15 is 0 Å². The van der Waals surface area contributed by atoms with Crippen molar-refractivity contribution in [2.24, 2.45) is 0 Å². The van der Waals surface area contributed by atoms with E-state index < -0.39 is 0 Å². The molecule has 1 fully saturated rings. The fourth-order valence-corrected chi connectivity index (χ4v) is 2.78. The fraction of sp³-hybridized carbons (Fsp3) is 0.143. The van der Waals surface area contributed by atoms with Crippen molar-refractivity contribution in [3.63, 3.8) is 0 Å². The number of carbonyl (C=O) groups is 1. The second kappa shape index (κ2) is 7.27. The van der Waals surface area contributed by atoms with Gasteiger partial charge in [0.05, 0.1) is 18.7 Å². The number of aromatic nitrogens is 1. The predicted octanol–water partition coefficient (Wildman–Crippen LogP) is 3.78. The highest BCUT2D eigenvalue weighted by molar-refractivity contribution is 5.97. The molecule has 0 unspecified atom stereocenters. The molecule has 3 aromatic rings. The Balaban J connectivity index is 1.41. The van der Waals surface area contributed by atoms with Crippen molar-refractivity contribution in [2.45, 2.75) is 6.10 Å². The number of para-hydroxylation sites is 2. The summed E-state index contributed by atoms with van der Waals surface area (Å²) in [5.74, 6) is 1.78. The number of carbonyl (C=O) groups excluding carboxylic acids is 1. The van der Waals surface area contributed by atoms with Crippen LogP contribution in [0.25, 0.3) is 0 Å². The summed E-state index contributed by atoms with van der Waals surface area (Å²) in [6.07, 6.45) is 1.66.